The van der Waals surface area contributed by atoms with Crippen molar-refractivity contribution in [1.29, 1.82) is 0 Å². The van der Waals surface area contributed by atoms with Crippen LogP contribution in [-0.4, -0.2) is 30.0 Å². The van der Waals surface area contributed by atoms with Gasteiger partial charge in [0.15, 0.2) is 0 Å². The second-order valence-corrected chi connectivity index (χ2v) is 6.30. The summed E-state index contributed by atoms with van der Waals surface area (Å²) in [6.07, 6.45) is 4.30. The second kappa shape index (κ2) is 7.82. The van der Waals surface area contributed by atoms with Crippen molar-refractivity contribution in [2.24, 2.45) is 0 Å². The molecule has 0 aliphatic rings. The van der Waals surface area contributed by atoms with Crippen molar-refractivity contribution in [3.8, 4) is 11.1 Å². The Kier molecular flexibility index (Phi) is 5.31. The van der Waals surface area contributed by atoms with Crippen LogP contribution in [0.25, 0.3) is 11.1 Å². The fraction of sp³-hybridized carbons (Fsp3) is 0.250. The average molecular weight is 350 g/mol. The van der Waals surface area contributed by atoms with Crippen molar-refractivity contribution in [3.05, 3.63) is 60.3 Å². The summed E-state index contributed by atoms with van der Waals surface area (Å²) in [5.74, 6) is 1.81. The molecule has 6 heteroatoms. The predicted octanol–water partition coefficient (Wildman–Crippen LogP) is 3.68. The van der Waals surface area contributed by atoms with Crippen LogP contribution in [-0.2, 0) is 11.2 Å². The molecule has 0 saturated carbocycles. The molecule has 0 unspecified atom stereocenters. The van der Waals surface area contributed by atoms with Gasteiger partial charge in [-0.15, -0.1) is 0 Å². The Hall–Kier alpha value is -3.15. The maximum Gasteiger partial charge on any atom is 0.229 e. The van der Waals surface area contributed by atoms with Crippen molar-refractivity contribution in [1.82, 2.24) is 9.97 Å². The Bertz CT molecular complexity index is 868. The maximum absolute atomic E-state index is 12.0. The number of nitrogens with one attached hydrogen (secondary N) is 1. The molecule has 0 aliphatic carbocycles. The third-order valence-electron chi connectivity index (χ3n) is 4.01. The van der Waals surface area contributed by atoms with E-state index in [-0.39, 0.29) is 5.91 Å². The van der Waals surface area contributed by atoms with Crippen molar-refractivity contribution in [2.45, 2.75) is 19.8 Å². The largest absolute Gasteiger partial charge is 0.466 e. The van der Waals surface area contributed by atoms with Crippen molar-refractivity contribution in [2.75, 3.05) is 24.3 Å². The molecule has 0 fully saturated rings. The first kappa shape index (κ1) is 17.7. The van der Waals surface area contributed by atoms with Gasteiger partial charge in [-0.1, -0.05) is 12.1 Å². The van der Waals surface area contributed by atoms with E-state index in [1.807, 2.05) is 62.3 Å². The molecule has 1 amide bonds. The molecule has 0 bridgehead atoms. The molecule has 0 radical (unpaired) electrons. The topological polar surface area (TPSA) is 71.3 Å². The lowest BCUT2D eigenvalue weighted by Crippen LogP contribution is -2.14. The van der Waals surface area contributed by atoms with Crippen LogP contribution in [0, 0.1) is 6.92 Å². The van der Waals surface area contributed by atoms with Crippen LogP contribution in [0.15, 0.2) is 53.2 Å². The van der Waals surface area contributed by atoms with E-state index in [4.69, 9.17) is 4.42 Å². The fourth-order valence-electron chi connectivity index (χ4n) is 2.54. The summed E-state index contributed by atoms with van der Waals surface area (Å²) in [5.41, 5.74) is 3.06. The number of nitrogens with zero attached hydrogens (tertiary/aromatic N) is 3. The molecule has 6 nitrogen and oxygen atoms in total. The Morgan fingerprint density at radius 2 is 1.73 bits per heavy atom. The molecule has 3 rings (SSSR count). The number of aromatic nitrogens is 2. The maximum atomic E-state index is 12.0. The Labute approximate surface area is 152 Å². The molecule has 134 valence electrons. The van der Waals surface area contributed by atoms with Crippen LogP contribution in [0.2, 0.25) is 0 Å². The van der Waals surface area contributed by atoms with Crippen LogP contribution in [0.4, 0.5) is 11.6 Å². The van der Waals surface area contributed by atoms with Gasteiger partial charge in [0.2, 0.25) is 11.9 Å². The number of anilines is 2. The molecule has 3 aromatic rings. The molecule has 1 N–H and O–H groups in total. The Morgan fingerprint density at radius 1 is 1.04 bits per heavy atom. The lowest BCUT2D eigenvalue weighted by molar-refractivity contribution is -0.116. The monoisotopic (exact) mass is 350 g/mol. The first-order chi connectivity index (χ1) is 12.5. The van der Waals surface area contributed by atoms with Crippen molar-refractivity contribution >= 4 is 17.5 Å². The molecule has 26 heavy (non-hydrogen) atoms. The van der Waals surface area contributed by atoms with E-state index in [0.717, 1.165) is 28.3 Å². The lowest BCUT2D eigenvalue weighted by Gasteiger charge is -2.12. The van der Waals surface area contributed by atoms with Gasteiger partial charge >= 0.3 is 0 Å². The fourth-order valence-corrected chi connectivity index (χ4v) is 2.54. The Balaban J connectivity index is 1.57. The van der Waals surface area contributed by atoms with Gasteiger partial charge in [-0.2, -0.15) is 0 Å². The summed E-state index contributed by atoms with van der Waals surface area (Å²) < 4.78 is 5.46. The Morgan fingerprint density at radius 3 is 2.31 bits per heavy atom. The van der Waals surface area contributed by atoms with Crippen LogP contribution >= 0.6 is 0 Å². The zero-order valence-corrected chi connectivity index (χ0v) is 15.2. The van der Waals surface area contributed by atoms with Crippen LogP contribution in [0.5, 0.6) is 0 Å². The molecule has 0 spiro atoms. The van der Waals surface area contributed by atoms with Gasteiger partial charge in [0, 0.05) is 50.6 Å². The predicted molar refractivity (Wildman–Crippen MR) is 102 cm³/mol. The van der Waals surface area contributed by atoms with E-state index in [1.54, 1.807) is 12.4 Å². The van der Waals surface area contributed by atoms with Gasteiger partial charge in [0.1, 0.15) is 11.5 Å². The van der Waals surface area contributed by atoms with Crippen molar-refractivity contribution in [3.63, 3.8) is 0 Å². The van der Waals surface area contributed by atoms with Crippen LogP contribution < -0.4 is 10.2 Å². The number of furan rings is 1. The van der Waals surface area contributed by atoms with E-state index in [9.17, 15) is 4.79 Å². The van der Waals surface area contributed by atoms with Gasteiger partial charge in [-0.3, -0.25) is 10.1 Å². The minimum atomic E-state index is -0.137. The molecule has 1 aromatic carbocycles. The minimum Gasteiger partial charge on any atom is -0.466 e. The summed E-state index contributed by atoms with van der Waals surface area (Å²) in [6, 6.07) is 11.9. The minimum absolute atomic E-state index is 0.137. The third kappa shape index (κ3) is 4.47. The zero-order chi connectivity index (χ0) is 18.5. The number of hydrogen-bond donors (Lipinski definition) is 1. The summed E-state index contributed by atoms with van der Waals surface area (Å²) in [4.78, 5) is 22.5. The van der Waals surface area contributed by atoms with E-state index < -0.39 is 0 Å². The molecule has 2 heterocycles. The standard InChI is InChI=1S/C20H22N4O2/c1-14-4-9-18(26-14)10-11-19(25)23-20-21-12-16(13-22-20)15-5-7-17(8-6-15)24(2)3/h4-9,12-13H,10-11H2,1-3H3,(H,21,22,23,25). The highest BCUT2D eigenvalue weighted by Gasteiger charge is 2.08. The summed E-state index contributed by atoms with van der Waals surface area (Å²) in [7, 11) is 4.01. The third-order valence-corrected chi connectivity index (χ3v) is 4.01. The number of hydrogen-bond acceptors (Lipinski definition) is 5. The molecule has 2 aromatic heterocycles. The number of amides is 1. The van der Waals surface area contributed by atoms with Gasteiger partial charge < -0.3 is 9.32 Å². The van der Waals surface area contributed by atoms with E-state index in [1.165, 1.54) is 0 Å². The van der Waals surface area contributed by atoms with E-state index >= 15 is 0 Å². The van der Waals surface area contributed by atoms with Gasteiger partial charge in [-0.25, -0.2) is 9.97 Å². The van der Waals surface area contributed by atoms with E-state index in [0.29, 0.717) is 18.8 Å². The normalized spacial score (nSPS) is 10.6. The summed E-state index contributed by atoms with van der Waals surface area (Å²) >= 11 is 0. The average Bonchev–Trinajstić information content (AvgIpc) is 3.06. The quantitative estimate of drug-likeness (QED) is 0.734. The number of rotatable bonds is 6. The second-order valence-electron chi connectivity index (χ2n) is 6.30. The highest BCUT2D eigenvalue weighted by Crippen LogP contribution is 2.21. The van der Waals surface area contributed by atoms with Gasteiger partial charge in [-0.05, 0) is 36.8 Å². The van der Waals surface area contributed by atoms with Gasteiger partial charge in [0.05, 0.1) is 0 Å². The zero-order valence-electron chi connectivity index (χ0n) is 15.2. The molecular formula is C20H22N4O2. The highest BCUT2D eigenvalue weighted by molar-refractivity contribution is 5.89. The first-order valence-electron chi connectivity index (χ1n) is 8.46. The molecule has 0 atom stereocenters. The number of carbonyl (C=O) groups excluding carboxylic acids is 1. The summed E-state index contributed by atoms with van der Waals surface area (Å²) in [6.45, 7) is 1.88. The smallest absolute Gasteiger partial charge is 0.229 e. The van der Waals surface area contributed by atoms with Crippen molar-refractivity contribution < 1.29 is 9.21 Å². The van der Waals surface area contributed by atoms with Crippen LogP contribution in [0.3, 0.4) is 0 Å². The summed E-state index contributed by atoms with van der Waals surface area (Å²) in [5, 5.41) is 2.71. The number of benzene rings is 1. The first-order valence-corrected chi connectivity index (χ1v) is 8.46. The number of carbonyl (C=O) groups is 1. The molecular weight excluding hydrogens is 328 g/mol. The number of aryl methyl sites for hydroxylation is 2. The van der Waals surface area contributed by atoms with E-state index in [2.05, 4.69) is 15.3 Å². The molecule has 0 saturated heterocycles. The van der Waals surface area contributed by atoms with Gasteiger partial charge in [0.25, 0.3) is 0 Å². The molecule has 0 aliphatic heterocycles. The SMILES string of the molecule is Cc1ccc(CCC(=O)Nc2ncc(-c3ccc(N(C)C)cc3)cn2)o1. The van der Waals surface area contributed by atoms with Crippen LogP contribution in [0.1, 0.15) is 17.9 Å². The lowest BCUT2D eigenvalue weighted by atomic mass is 10.1. The highest BCUT2D eigenvalue weighted by atomic mass is 16.3.